The first-order valence-corrected chi connectivity index (χ1v) is 7.77. The van der Waals surface area contributed by atoms with E-state index in [0.717, 1.165) is 63.7 Å². The number of piperidine rings is 1. The van der Waals surface area contributed by atoms with Crippen LogP contribution in [-0.2, 0) is 11.2 Å². The molecule has 0 radical (unpaired) electrons. The SMILES string of the molecule is CCc1nc(N2CCC(CNCCOC)CC2)cc(=O)[nH]1. The fraction of sp³-hybridized carbons (Fsp3) is 0.733. The summed E-state index contributed by atoms with van der Waals surface area (Å²) in [6, 6.07) is 1.61. The van der Waals surface area contributed by atoms with Crippen molar-refractivity contribution in [2.24, 2.45) is 5.92 Å². The Bertz CT molecular complexity index is 481. The minimum Gasteiger partial charge on any atom is -0.383 e. The molecule has 1 aromatic rings. The van der Waals surface area contributed by atoms with Crippen LogP contribution in [0.5, 0.6) is 0 Å². The minimum absolute atomic E-state index is 0.0554. The largest absolute Gasteiger partial charge is 0.383 e. The molecule has 0 bridgehead atoms. The zero-order valence-electron chi connectivity index (χ0n) is 13.0. The fourth-order valence-electron chi connectivity index (χ4n) is 2.67. The second-order valence-electron chi connectivity index (χ2n) is 5.53. The van der Waals surface area contributed by atoms with Crippen LogP contribution in [0.2, 0.25) is 0 Å². The predicted octanol–water partition coefficient (Wildman–Crippen LogP) is 0.785. The summed E-state index contributed by atoms with van der Waals surface area (Å²) in [5.74, 6) is 2.29. The molecule has 2 rings (SSSR count). The van der Waals surface area contributed by atoms with E-state index in [1.54, 1.807) is 13.2 Å². The Morgan fingerprint density at radius 2 is 2.24 bits per heavy atom. The fourth-order valence-corrected chi connectivity index (χ4v) is 2.67. The second-order valence-corrected chi connectivity index (χ2v) is 5.53. The van der Waals surface area contributed by atoms with Gasteiger partial charge in [0, 0.05) is 39.2 Å². The predicted molar refractivity (Wildman–Crippen MR) is 83.9 cm³/mol. The molecule has 0 aliphatic carbocycles. The monoisotopic (exact) mass is 294 g/mol. The summed E-state index contributed by atoms with van der Waals surface area (Å²) < 4.78 is 5.03. The van der Waals surface area contributed by atoms with Gasteiger partial charge in [0.05, 0.1) is 6.61 Å². The molecule has 2 heterocycles. The van der Waals surface area contributed by atoms with Crippen molar-refractivity contribution < 1.29 is 4.74 Å². The molecular formula is C15H26N4O2. The number of methoxy groups -OCH3 is 1. The van der Waals surface area contributed by atoms with Crippen molar-refractivity contribution in [3.05, 3.63) is 22.2 Å². The number of hydrogen-bond donors (Lipinski definition) is 2. The van der Waals surface area contributed by atoms with Crippen LogP contribution in [0.25, 0.3) is 0 Å². The molecule has 2 N–H and O–H groups in total. The molecule has 1 aliphatic rings. The summed E-state index contributed by atoms with van der Waals surface area (Å²) in [6.45, 7) is 6.65. The van der Waals surface area contributed by atoms with Gasteiger partial charge in [-0.05, 0) is 25.3 Å². The lowest BCUT2D eigenvalue weighted by molar-refractivity contribution is 0.196. The molecule has 1 saturated heterocycles. The molecule has 6 heteroatoms. The van der Waals surface area contributed by atoms with Crippen LogP contribution in [0.4, 0.5) is 5.82 Å². The lowest BCUT2D eigenvalue weighted by atomic mass is 9.97. The molecule has 0 aromatic carbocycles. The first-order valence-electron chi connectivity index (χ1n) is 7.77. The molecule has 0 spiro atoms. The third-order valence-corrected chi connectivity index (χ3v) is 3.97. The lowest BCUT2D eigenvalue weighted by Gasteiger charge is -2.33. The smallest absolute Gasteiger partial charge is 0.252 e. The Balaban J connectivity index is 1.83. The Labute approximate surface area is 125 Å². The van der Waals surface area contributed by atoms with Gasteiger partial charge >= 0.3 is 0 Å². The van der Waals surface area contributed by atoms with Gasteiger partial charge < -0.3 is 19.9 Å². The van der Waals surface area contributed by atoms with Crippen LogP contribution < -0.4 is 15.8 Å². The van der Waals surface area contributed by atoms with Crippen molar-refractivity contribution in [3.8, 4) is 0 Å². The van der Waals surface area contributed by atoms with Crippen LogP contribution in [0.15, 0.2) is 10.9 Å². The third kappa shape index (κ3) is 4.82. The van der Waals surface area contributed by atoms with Gasteiger partial charge in [-0.25, -0.2) is 4.98 Å². The van der Waals surface area contributed by atoms with Gasteiger partial charge in [0.1, 0.15) is 11.6 Å². The zero-order valence-corrected chi connectivity index (χ0v) is 13.0. The van der Waals surface area contributed by atoms with E-state index >= 15 is 0 Å². The maximum atomic E-state index is 11.6. The lowest BCUT2D eigenvalue weighted by Crippen LogP contribution is -2.38. The average Bonchev–Trinajstić information content (AvgIpc) is 2.51. The first kappa shape index (κ1) is 16.0. The van der Waals surface area contributed by atoms with Crippen molar-refractivity contribution in [3.63, 3.8) is 0 Å². The molecule has 21 heavy (non-hydrogen) atoms. The summed E-state index contributed by atoms with van der Waals surface area (Å²) in [7, 11) is 1.72. The number of ether oxygens (including phenoxy) is 1. The van der Waals surface area contributed by atoms with E-state index < -0.39 is 0 Å². The Kier molecular flexibility index (Phi) is 6.20. The Morgan fingerprint density at radius 1 is 1.48 bits per heavy atom. The molecule has 6 nitrogen and oxygen atoms in total. The van der Waals surface area contributed by atoms with E-state index in [1.807, 2.05) is 6.92 Å². The summed E-state index contributed by atoms with van der Waals surface area (Å²) in [5, 5.41) is 3.42. The molecule has 1 aliphatic heterocycles. The molecule has 118 valence electrons. The van der Waals surface area contributed by atoms with Crippen molar-refractivity contribution in [2.45, 2.75) is 26.2 Å². The highest BCUT2D eigenvalue weighted by Crippen LogP contribution is 2.20. The first-order chi connectivity index (χ1) is 10.2. The zero-order chi connectivity index (χ0) is 15.1. The number of hydrogen-bond acceptors (Lipinski definition) is 5. The van der Waals surface area contributed by atoms with Gasteiger partial charge in [0.2, 0.25) is 0 Å². The molecule has 1 aromatic heterocycles. The maximum absolute atomic E-state index is 11.6. The van der Waals surface area contributed by atoms with Crippen LogP contribution in [0.1, 0.15) is 25.6 Å². The van der Waals surface area contributed by atoms with Crippen molar-refractivity contribution in [2.75, 3.05) is 44.8 Å². The average molecular weight is 294 g/mol. The Hall–Kier alpha value is -1.40. The number of aryl methyl sites for hydroxylation is 1. The number of nitrogens with zero attached hydrogens (tertiary/aromatic N) is 2. The minimum atomic E-state index is -0.0554. The van der Waals surface area contributed by atoms with Crippen LogP contribution in [0.3, 0.4) is 0 Å². The van der Waals surface area contributed by atoms with Gasteiger partial charge in [0.15, 0.2) is 0 Å². The van der Waals surface area contributed by atoms with E-state index in [-0.39, 0.29) is 5.56 Å². The molecule has 0 saturated carbocycles. The summed E-state index contributed by atoms with van der Waals surface area (Å²) >= 11 is 0. The molecular weight excluding hydrogens is 268 g/mol. The van der Waals surface area contributed by atoms with Gasteiger partial charge in [-0.15, -0.1) is 0 Å². The number of anilines is 1. The number of aromatic nitrogens is 2. The van der Waals surface area contributed by atoms with E-state index in [0.29, 0.717) is 5.92 Å². The highest BCUT2D eigenvalue weighted by molar-refractivity contribution is 5.37. The molecule has 0 unspecified atom stereocenters. The molecule has 0 atom stereocenters. The van der Waals surface area contributed by atoms with E-state index in [1.165, 1.54) is 0 Å². The maximum Gasteiger partial charge on any atom is 0.252 e. The number of nitrogens with one attached hydrogen (secondary N) is 2. The highest BCUT2D eigenvalue weighted by atomic mass is 16.5. The van der Waals surface area contributed by atoms with Crippen LogP contribution in [0, 0.1) is 5.92 Å². The van der Waals surface area contributed by atoms with Gasteiger partial charge in [-0.1, -0.05) is 6.92 Å². The van der Waals surface area contributed by atoms with E-state index in [2.05, 4.69) is 20.2 Å². The van der Waals surface area contributed by atoms with Crippen LogP contribution >= 0.6 is 0 Å². The standard InChI is InChI=1S/C15H26N4O2/c1-3-13-17-14(10-15(20)18-13)19-7-4-12(5-8-19)11-16-6-9-21-2/h10,12,16H,3-9,11H2,1-2H3,(H,17,18,20). The van der Waals surface area contributed by atoms with E-state index in [9.17, 15) is 4.79 Å². The second kappa shape index (κ2) is 8.14. The van der Waals surface area contributed by atoms with Gasteiger partial charge in [0.25, 0.3) is 5.56 Å². The van der Waals surface area contributed by atoms with E-state index in [4.69, 9.17) is 4.74 Å². The summed E-state index contributed by atoms with van der Waals surface area (Å²) in [6.07, 6.45) is 3.02. The molecule has 0 amide bonds. The van der Waals surface area contributed by atoms with Crippen molar-refractivity contribution in [1.82, 2.24) is 15.3 Å². The summed E-state index contributed by atoms with van der Waals surface area (Å²) in [4.78, 5) is 21.2. The van der Waals surface area contributed by atoms with Gasteiger partial charge in [-0.3, -0.25) is 4.79 Å². The quantitative estimate of drug-likeness (QED) is 0.728. The number of H-pyrrole nitrogens is 1. The number of rotatable bonds is 7. The number of aromatic amines is 1. The van der Waals surface area contributed by atoms with Crippen molar-refractivity contribution >= 4 is 5.82 Å². The normalized spacial score (nSPS) is 16.4. The highest BCUT2D eigenvalue weighted by Gasteiger charge is 2.20. The third-order valence-electron chi connectivity index (χ3n) is 3.97. The Morgan fingerprint density at radius 3 is 2.90 bits per heavy atom. The molecule has 1 fully saturated rings. The topological polar surface area (TPSA) is 70.2 Å². The van der Waals surface area contributed by atoms with Gasteiger partial charge in [-0.2, -0.15) is 0 Å². The summed E-state index contributed by atoms with van der Waals surface area (Å²) in [5.41, 5.74) is -0.0554. The van der Waals surface area contributed by atoms with Crippen LogP contribution in [-0.4, -0.2) is 49.9 Å². The van der Waals surface area contributed by atoms with Crippen molar-refractivity contribution in [1.29, 1.82) is 0 Å².